The van der Waals surface area contributed by atoms with Crippen molar-refractivity contribution in [1.29, 1.82) is 0 Å². The lowest BCUT2D eigenvalue weighted by Gasteiger charge is -1.97. The standard InChI is InChI=1S/C7H11NO2/c1-2-3-4-5-6-10-7(8)9/h1H,3-6H2,(H2,8,9). The van der Waals surface area contributed by atoms with Crippen molar-refractivity contribution in [2.75, 3.05) is 6.61 Å². The number of unbranched alkanes of at least 4 members (excludes halogenated alkanes) is 2. The third-order valence-corrected chi connectivity index (χ3v) is 0.960. The lowest BCUT2D eigenvalue weighted by Crippen LogP contribution is -2.13. The first kappa shape index (κ1) is 8.83. The molecule has 0 radical (unpaired) electrons. The molecular weight excluding hydrogens is 130 g/mol. The van der Waals surface area contributed by atoms with E-state index in [1.807, 2.05) is 0 Å². The molecule has 0 aromatic carbocycles. The Labute approximate surface area is 60.5 Å². The summed E-state index contributed by atoms with van der Waals surface area (Å²) in [5.41, 5.74) is 4.71. The molecule has 0 spiro atoms. The molecule has 3 nitrogen and oxygen atoms in total. The molecule has 0 aliphatic heterocycles. The zero-order valence-corrected chi connectivity index (χ0v) is 5.80. The molecule has 56 valence electrons. The van der Waals surface area contributed by atoms with Gasteiger partial charge in [0.2, 0.25) is 0 Å². The van der Waals surface area contributed by atoms with Crippen LogP contribution in [-0.2, 0) is 4.74 Å². The molecule has 0 atom stereocenters. The highest BCUT2D eigenvalue weighted by Crippen LogP contribution is 1.93. The number of ether oxygens (including phenoxy) is 1. The van der Waals surface area contributed by atoms with Gasteiger partial charge in [-0.3, -0.25) is 0 Å². The lowest BCUT2D eigenvalue weighted by molar-refractivity contribution is 0.155. The summed E-state index contributed by atoms with van der Waals surface area (Å²) in [5.74, 6) is 2.48. The van der Waals surface area contributed by atoms with Crippen molar-refractivity contribution in [3.63, 3.8) is 0 Å². The Kier molecular flexibility index (Phi) is 5.26. The van der Waals surface area contributed by atoms with Gasteiger partial charge in [-0.2, -0.15) is 0 Å². The number of amides is 1. The molecule has 3 heteroatoms. The summed E-state index contributed by atoms with van der Waals surface area (Å²) in [6, 6.07) is 0. The van der Waals surface area contributed by atoms with Gasteiger partial charge in [0.15, 0.2) is 0 Å². The Morgan fingerprint density at radius 3 is 2.80 bits per heavy atom. The Hall–Kier alpha value is -1.17. The topological polar surface area (TPSA) is 52.3 Å². The highest BCUT2D eigenvalue weighted by atomic mass is 16.5. The van der Waals surface area contributed by atoms with Crippen LogP contribution in [0.15, 0.2) is 0 Å². The molecule has 1 amide bonds. The van der Waals surface area contributed by atoms with Gasteiger partial charge in [-0.05, 0) is 12.8 Å². The average molecular weight is 141 g/mol. The van der Waals surface area contributed by atoms with E-state index in [4.69, 9.17) is 12.2 Å². The van der Waals surface area contributed by atoms with E-state index in [1.54, 1.807) is 0 Å². The summed E-state index contributed by atoms with van der Waals surface area (Å²) in [4.78, 5) is 9.99. The minimum absolute atomic E-state index is 0.372. The van der Waals surface area contributed by atoms with Crippen LogP contribution >= 0.6 is 0 Å². The molecule has 2 N–H and O–H groups in total. The molecule has 10 heavy (non-hydrogen) atoms. The molecule has 0 aliphatic rings. The fourth-order valence-corrected chi connectivity index (χ4v) is 0.502. The Morgan fingerprint density at radius 1 is 1.60 bits per heavy atom. The van der Waals surface area contributed by atoms with E-state index in [9.17, 15) is 4.79 Å². The van der Waals surface area contributed by atoms with Crippen LogP contribution in [0.2, 0.25) is 0 Å². The summed E-state index contributed by atoms with van der Waals surface area (Å²) in [6.07, 6.45) is 6.65. The number of primary amides is 1. The molecule has 0 rings (SSSR count). The van der Waals surface area contributed by atoms with Crippen LogP contribution in [-0.4, -0.2) is 12.7 Å². The van der Waals surface area contributed by atoms with Crippen molar-refractivity contribution >= 4 is 6.09 Å². The van der Waals surface area contributed by atoms with E-state index < -0.39 is 6.09 Å². The summed E-state index contributed by atoms with van der Waals surface area (Å²) in [6.45, 7) is 0.372. The quantitative estimate of drug-likeness (QED) is 0.467. The van der Waals surface area contributed by atoms with Gasteiger partial charge in [-0.1, -0.05) is 0 Å². The van der Waals surface area contributed by atoms with Crippen molar-refractivity contribution in [3.8, 4) is 12.3 Å². The van der Waals surface area contributed by atoms with Gasteiger partial charge in [0.25, 0.3) is 0 Å². The normalized spacial score (nSPS) is 8.30. The van der Waals surface area contributed by atoms with Crippen LogP contribution in [0.5, 0.6) is 0 Å². The van der Waals surface area contributed by atoms with Crippen LogP contribution in [0, 0.1) is 12.3 Å². The second-order valence-electron chi connectivity index (χ2n) is 1.83. The van der Waals surface area contributed by atoms with Crippen molar-refractivity contribution in [2.24, 2.45) is 5.73 Å². The van der Waals surface area contributed by atoms with Gasteiger partial charge < -0.3 is 10.5 Å². The maximum Gasteiger partial charge on any atom is 0.404 e. The molecule has 0 aromatic heterocycles. The molecule has 0 heterocycles. The van der Waals surface area contributed by atoms with E-state index in [2.05, 4.69) is 10.7 Å². The van der Waals surface area contributed by atoms with E-state index >= 15 is 0 Å². The minimum Gasteiger partial charge on any atom is -0.450 e. The molecule has 0 bridgehead atoms. The predicted molar refractivity (Wildman–Crippen MR) is 38.2 cm³/mol. The summed E-state index contributed by atoms with van der Waals surface area (Å²) in [7, 11) is 0. The molecule has 0 saturated heterocycles. The second kappa shape index (κ2) is 5.96. The van der Waals surface area contributed by atoms with Crippen molar-refractivity contribution < 1.29 is 9.53 Å². The number of rotatable bonds is 4. The molecule has 0 aromatic rings. The SMILES string of the molecule is C#CCCCCOC(N)=O. The van der Waals surface area contributed by atoms with Crippen LogP contribution in [0.3, 0.4) is 0 Å². The molecule has 0 unspecified atom stereocenters. The first-order valence-corrected chi connectivity index (χ1v) is 3.13. The number of terminal acetylenes is 1. The lowest BCUT2D eigenvalue weighted by atomic mass is 10.2. The second-order valence-corrected chi connectivity index (χ2v) is 1.83. The number of nitrogens with two attached hydrogens (primary N) is 1. The number of hydrogen-bond donors (Lipinski definition) is 1. The van der Waals surface area contributed by atoms with Gasteiger partial charge in [0.1, 0.15) is 0 Å². The third-order valence-electron chi connectivity index (χ3n) is 0.960. The first-order chi connectivity index (χ1) is 4.77. The van der Waals surface area contributed by atoms with Crippen molar-refractivity contribution in [1.82, 2.24) is 0 Å². The number of hydrogen-bond acceptors (Lipinski definition) is 2. The molecule has 0 fully saturated rings. The van der Waals surface area contributed by atoms with Gasteiger partial charge in [-0.25, -0.2) is 4.79 Å². The number of carbonyl (C=O) groups is 1. The van der Waals surface area contributed by atoms with Crippen LogP contribution in [0.25, 0.3) is 0 Å². The molecule has 0 saturated carbocycles. The van der Waals surface area contributed by atoms with Crippen LogP contribution < -0.4 is 5.73 Å². The van der Waals surface area contributed by atoms with E-state index in [0.717, 1.165) is 19.3 Å². The van der Waals surface area contributed by atoms with Crippen LogP contribution in [0.1, 0.15) is 19.3 Å². The summed E-state index contributed by atoms with van der Waals surface area (Å²) < 4.78 is 4.46. The van der Waals surface area contributed by atoms with Gasteiger partial charge in [0.05, 0.1) is 6.61 Å². The van der Waals surface area contributed by atoms with E-state index in [-0.39, 0.29) is 0 Å². The zero-order chi connectivity index (χ0) is 7.82. The Balaban J connectivity index is 2.92. The first-order valence-electron chi connectivity index (χ1n) is 3.13. The fraction of sp³-hybridized carbons (Fsp3) is 0.571. The van der Waals surface area contributed by atoms with Gasteiger partial charge in [-0.15, -0.1) is 12.3 Å². The smallest absolute Gasteiger partial charge is 0.404 e. The number of carbonyl (C=O) groups excluding carboxylic acids is 1. The van der Waals surface area contributed by atoms with Crippen LogP contribution in [0.4, 0.5) is 4.79 Å². The predicted octanol–water partition coefficient (Wildman–Crippen LogP) is 0.885. The highest BCUT2D eigenvalue weighted by molar-refractivity contribution is 5.64. The Morgan fingerprint density at radius 2 is 2.30 bits per heavy atom. The van der Waals surface area contributed by atoms with Gasteiger partial charge in [0, 0.05) is 6.42 Å². The highest BCUT2D eigenvalue weighted by Gasteiger charge is 1.91. The van der Waals surface area contributed by atoms with Crippen molar-refractivity contribution in [2.45, 2.75) is 19.3 Å². The zero-order valence-electron chi connectivity index (χ0n) is 5.80. The van der Waals surface area contributed by atoms with Gasteiger partial charge >= 0.3 is 6.09 Å². The summed E-state index contributed by atoms with van der Waals surface area (Å²) in [5, 5.41) is 0. The minimum atomic E-state index is -0.722. The Bertz CT molecular complexity index is 137. The summed E-state index contributed by atoms with van der Waals surface area (Å²) >= 11 is 0. The fourth-order valence-electron chi connectivity index (χ4n) is 0.502. The van der Waals surface area contributed by atoms with E-state index in [1.165, 1.54) is 0 Å². The molecule has 0 aliphatic carbocycles. The third kappa shape index (κ3) is 6.83. The maximum absolute atomic E-state index is 9.99. The maximum atomic E-state index is 9.99. The van der Waals surface area contributed by atoms with Crippen molar-refractivity contribution in [3.05, 3.63) is 0 Å². The molecular formula is C7H11NO2. The average Bonchev–Trinajstić information content (AvgIpc) is 1.87. The monoisotopic (exact) mass is 141 g/mol. The van der Waals surface area contributed by atoms with E-state index in [0.29, 0.717) is 6.61 Å². The largest absolute Gasteiger partial charge is 0.450 e.